The normalized spacial score (nSPS) is 39.9. The highest BCUT2D eigenvalue weighted by molar-refractivity contribution is 6.05. The van der Waals surface area contributed by atoms with Crippen LogP contribution in [0.5, 0.6) is 0 Å². The summed E-state index contributed by atoms with van der Waals surface area (Å²) in [6, 6.07) is 0. The van der Waals surface area contributed by atoms with Gasteiger partial charge in [-0.05, 0) is 6.42 Å². The fourth-order valence-electron chi connectivity index (χ4n) is 2.59. The number of hydrogen-bond acceptors (Lipinski definition) is 4. The van der Waals surface area contributed by atoms with Crippen molar-refractivity contribution >= 4 is 11.8 Å². The summed E-state index contributed by atoms with van der Waals surface area (Å²) in [5.41, 5.74) is 0. The number of ether oxygens (including phenoxy) is 1. The van der Waals surface area contributed by atoms with Crippen molar-refractivity contribution in [3.8, 4) is 0 Å². The van der Waals surface area contributed by atoms with Crippen molar-refractivity contribution in [3.05, 3.63) is 12.2 Å². The minimum atomic E-state index is -0.362. The van der Waals surface area contributed by atoms with Gasteiger partial charge in [0.15, 0.2) is 0 Å². The van der Waals surface area contributed by atoms with Gasteiger partial charge in [-0.3, -0.25) is 14.4 Å². The second-order valence-corrected chi connectivity index (χ2v) is 4.31. The van der Waals surface area contributed by atoms with Crippen molar-refractivity contribution in [1.29, 1.82) is 0 Å². The first-order valence-electron chi connectivity index (χ1n) is 5.58. The highest BCUT2D eigenvalue weighted by Crippen LogP contribution is 2.45. The van der Waals surface area contributed by atoms with E-state index in [9.17, 15) is 9.59 Å². The van der Waals surface area contributed by atoms with Gasteiger partial charge in [0.05, 0.1) is 30.7 Å². The topological polar surface area (TPSA) is 55.8 Å². The number of carbonyl (C=O) groups excluding carboxylic acids is 2. The van der Waals surface area contributed by atoms with Gasteiger partial charge in [0.2, 0.25) is 0 Å². The lowest BCUT2D eigenvalue weighted by atomic mass is 9.85. The number of imide groups is 1. The maximum Gasteiger partial charge on any atom is 0.260 e. The summed E-state index contributed by atoms with van der Waals surface area (Å²) in [7, 11) is 0. The van der Waals surface area contributed by atoms with E-state index >= 15 is 0 Å². The molecule has 3 rings (SSSR count). The van der Waals surface area contributed by atoms with Gasteiger partial charge in [0.1, 0.15) is 0 Å². The van der Waals surface area contributed by atoms with Gasteiger partial charge in [-0.1, -0.05) is 19.1 Å². The summed E-state index contributed by atoms with van der Waals surface area (Å²) < 4.78 is 5.50. The molecule has 86 valence electrons. The van der Waals surface area contributed by atoms with Gasteiger partial charge in [-0.25, -0.2) is 0 Å². The Morgan fingerprint density at radius 3 is 2.31 bits per heavy atom. The van der Waals surface area contributed by atoms with Crippen LogP contribution in [0.15, 0.2) is 12.2 Å². The van der Waals surface area contributed by atoms with E-state index in [2.05, 4.69) is 0 Å². The highest BCUT2D eigenvalue weighted by atomic mass is 16.7. The number of fused-ring (bicyclic) bond motifs is 5. The van der Waals surface area contributed by atoms with Crippen LogP contribution in [-0.4, -0.2) is 35.7 Å². The quantitative estimate of drug-likeness (QED) is 0.509. The highest BCUT2D eigenvalue weighted by Gasteiger charge is 2.61. The molecular weight excluding hydrogens is 210 g/mol. The SMILES string of the molecule is CCCON1C(=O)C2C3C=CC(O3)C2C1=O. The molecule has 0 radical (unpaired) electrons. The molecule has 0 aromatic carbocycles. The largest absolute Gasteiger partial charge is 0.365 e. The Balaban J connectivity index is 1.83. The number of hydroxylamine groups is 2. The maximum absolute atomic E-state index is 12.0. The Morgan fingerprint density at radius 2 is 1.81 bits per heavy atom. The zero-order chi connectivity index (χ0) is 11.3. The molecule has 0 spiro atoms. The van der Waals surface area contributed by atoms with Crippen LogP contribution in [0, 0.1) is 11.8 Å². The van der Waals surface area contributed by atoms with Gasteiger partial charge in [0.25, 0.3) is 11.8 Å². The van der Waals surface area contributed by atoms with Crippen molar-refractivity contribution in [1.82, 2.24) is 5.06 Å². The summed E-state index contributed by atoms with van der Waals surface area (Å²) in [5, 5.41) is 0.939. The van der Waals surface area contributed by atoms with Crippen LogP contribution < -0.4 is 0 Å². The first-order chi connectivity index (χ1) is 7.74. The lowest BCUT2D eigenvalue weighted by Gasteiger charge is -2.16. The molecule has 2 amide bonds. The molecule has 3 aliphatic rings. The first kappa shape index (κ1) is 9.99. The number of hydrogen-bond donors (Lipinski definition) is 0. The molecule has 3 aliphatic heterocycles. The molecule has 0 N–H and O–H groups in total. The molecule has 0 aromatic heterocycles. The maximum atomic E-state index is 12.0. The summed E-state index contributed by atoms with van der Waals surface area (Å²) in [5.74, 6) is -1.22. The molecule has 5 nitrogen and oxygen atoms in total. The minimum absolute atomic E-state index is 0.235. The smallest absolute Gasteiger partial charge is 0.260 e. The Kier molecular flexibility index (Phi) is 2.12. The molecule has 4 atom stereocenters. The first-order valence-corrected chi connectivity index (χ1v) is 5.58. The van der Waals surface area contributed by atoms with Crippen molar-refractivity contribution in [2.24, 2.45) is 11.8 Å². The Morgan fingerprint density at radius 1 is 1.25 bits per heavy atom. The Labute approximate surface area is 92.9 Å². The molecule has 16 heavy (non-hydrogen) atoms. The van der Waals surface area contributed by atoms with Crippen molar-refractivity contribution in [2.45, 2.75) is 25.6 Å². The van der Waals surface area contributed by atoms with Gasteiger partial charge < -0.3 is 4.74 Å². The number of rotatable bonds is 3. The zero-order valence-corrected chi connectivity index (χ0v) is 8.96. The monoisotopic (exact) mass is 223 g/mol. The minimum Gasteiger partial charge on any atom is -0.365 e. The van der Waals surface area contributed by atoms with Crippen molar-refractivity contribution < 1.29 is 19.2 Å². The average Bonchev–Trinajstić information content (AvgIpc) is 2.92. The van der Waals surface area contributed by atoms with Crippen molar-refractivity contribution in [2.75, 3.05) is 6.61 Å². The number of nitrogens with zero attached hydrogens (tertiary/aromatic N) is 1. The molecule has 0 aromatic rings. The van der Waals surface area contributed by atoms with E-state index in [1.807, 2.05) is 19.1 Å². The van der Waals surface area contributed by atoms with E-state index in [1.165, 1.54) is 0 Å². The third kappa shape index (κ3) is 1.13. The molecular formula is C11H13NO4. The molecule has 2 fully saturated rings. The van der Waals surface area contributed by atoms with Crippen LogP contribution in [0.4, 0.5) is 0 Å². The Hall–Kier alpha value is -1.20. The molecule has 4 unspecified atom stereocenters. The molecule has 0 aliphatic carbocycles. The second-order valence-electron chi connectivity index (χ2n) is 4.31. The van der Waals surface area contributed by atoms with Crippen LogP contribution in [0.25, 0.3) is 0 Å². The molecule has 5 heteroatoms. The summed E-state index contributed by atoms with van der Waals surface area (Å²) in [6.07, 6.45) is 4.03. The Bertz CT molecular complexity index is 348. The lowest BCUT2D eigenvalue weighted by molar-refractivity contribution is -0.191. The van der Waals surface area contributed by atoms with Crippen LogP contribution in [-0.2, 0) is 19.2 Å². The van der Waals surface area contributed by atoms with E-state index < -0.39 is 0 Å². The molecule has 2 bridgehead atoms. The van der Waals surface area contributed by atoms with Gasteiger partial charge in [0, 0.05) is 0 Å². The van der Waals surface area contributed by atoms with Crippen LogP contribution in [0.2, 0.25) is 0 Å². The second kappa shape index (κ2) is 3.40. The fraction of sp³-hybridized carbons (Fsp3) is 0.636. The third-order valence-corrected chi connectivity index (χ3v) is 3.29. The van der Waals surface area contributed by atoms with E-state index in [0.29, 0.717) is 6.61 Å². The number of amides is 2. The van der Waals surface area contributed by atoms with Gasteiger partial charge in [-0.2, -0.15) is 5.06 Å². The molecule has 0 saturated carbocycles. The van der Waals surface area contributed by atoms with E-state index in [4.69, 9.17) is 9.57 Å². The van der Waals surface area contributed by atoms with Crippen LogP contribution in [0.1, 0.15) is 13.3 Å². The van der Waals surface area contributed by atoms with E-state index in [-0.39, 0.29) is 35.9 Å². The average molecular weight is 223 g/mol. The predicted molar refractivity (Wildman–Crippen MR) is 52.9 cm³/mol. The van der Waals surface area contributed by atoms with E-state index in [0.717, 1.165) is 11.5 Å². The third-order valence-electron chi connectivity index (χ3n) is 3.29. The summed E-state index contributed by atoms with van der Waals surface area (Å²) >= 11 is 0. The number of carbonyl (C=O) groups is 2. The van der Waals surface area contributed by atoms with Gasteiger partial charge in [-0.15, -0.1) is 0 Å². The fourth-order valence-corrected chi connectivity index (χ4v) is 2.59. The van der Waals surface area contributed by atoms with E-state index in [1.54, 1.807) is 0 Å². The lowest BCUT2D eigenvalue weighted by Crippen LogP contribution is -2.34. The predicted octanol–water partition coefficient (Wildman–Crippen LogP) is 0.266. The van der Waals surface area contributed by atoms with Crippen LogP contribution >= 0.6 is 0 Å². The zero-order valence-electron chi connectivity index (χ0n) is 8.96. The standard InChI is InChI=1S/C11H13NO4/c1-2-5-15-12-10(13)8-6-3-4-7(16-6)9(8)11(12)14/h3-4,6-9H,2,5H2,1H3. The summed E-state index contributed by atoms with van der Waals surface area (Å²) in [4.78, 5) is 29.1. The molecule has 3 heterocycles. The van der Waals surface area contributed by atoms with Crippen LogP contribution in [0.3, 0.4) is 0 Å². The summed E-state index contributed by atoms with van der Waals surface area (Å²) in [6.45, 7) is 2.32. The van der Waals surface area contributed by atoms with Gasteiger partial charge >= 0.3 is 0 Å². The van der Waals surface area contributed by atoms with Crippen molar-refractivity contribution in [3.63, 3.8) is 0 Å². The molecule has 2 saturated heterocycles.